The molecule has 0 radical (unpaired) electrons. The molecule has 0 aliphatic heterocycles. The number of hydrogen-bond donors (Lipinski definition) is 3. The molecule has 0 aliphatic rings. The third kappa shape index (κ3) is 5.70. The number of anilines is 2. The highest BCUT2D eigenvalue weighted by molar-refractivity contribution is 5.67. The SMILES string of the molecule is Nc1cc(C=CCCNC(=O)OCc2ccccc2)cnc1N. The molecular weight excluding hydrogens is 292 g/mol. The summed E-state index contributed by atoms with van der Waals surface area (Å²) in [5, 5.41) is 2.69. The van der Waals surface area contributed by atoms with Crippen LogP contribution in [-0.2, 0) is 11.3 Å². The van der Waals surface area contributed by atoms with Crippen LogP contribution in [0.1, 0.15) is 17.5 Å². The average Bonchev–Trinajstić information content (AvgIpc) is 2.57. The first-order valence-corrected chi connectivity index (χ1v) is 7.27. The number of pyridine rings is 1. The molecular formula is C17H20N4O2. The van der Waals surface area contributed by atoms with Crippen LogP contribution >= 0.6 is 0 Å². The van der Waals surface area contributed by atoms with Gasteiger partial charge in [-0.2, -0.15) is 0 Å². The lowest BCUT2D eigenvalue weighted by Gasteiger charge is -2.05. The zero-order chi connectivity index (χ0) is 16.5. The van der Waals surface area contributed by atoms with E-state index in [1.807, 2.05) is 42.5 Å². The van der Waals surface area contributed by atoms with Crippen molar-refractivity contribution in [3.63, 3.8) is 0 Å². The van der Waals surface area contributed by atoms with Crippen LogP contribution in [0.2, 0.25) is 0 Å². The molecule has 1 aromatic heterocycles. The van der Waals surface area contributed by atoms with Gasteiger partial charge in [-0.05, 0) is 23.6 Å². The van der Waals surface area contributed by atoms with Crippen LogP contribution in [0.5, 0.6) is 0 Å². The maximum absolute atomic E-state index is 11.5. The van der Waals surface area contributed by atoms with Crippen LogP contribution in [0.15, 0.2) is 48.7 Å². The van der Waals surface area contributed by atoms with E-state index in [0.717, 1.165) is 11.1 Å². The number of rotatable bonds is 6. The van der Waals surface area contributed by atoms with Gasteiger partial charge in [-0.15, -0.1) is 0 Å². The quantitative estimate of drug-likeness (QED) is 0.711. The molecule has 1 aromatic carbocycles. The summed E-state index contributed by atoms with van der Waals surface area (Å²) in [6.07, 6.45) is 5.68. The first-order chi connectivity index (χ1) is 11.1. The van der Waals surface area contributed by atoms with Crippen LogP contribution in [0.4, 0.5) is 16.3 Å². The average molecular weight is 312 g/mol. The zero-order valence-electron chi connectivity index (χ0n) is 12.7. The van der Waals surface area contributed by atoms with E-state index in [-0.39, 0.29) is 6.61 Å². The predicted octanol–water partition coefficient (Wildman–Crippen LogP) is 2.58. The second kappa shape index (κ2) is 8.43. The van der Waals surface area contributed by atoms with Crippen LogP contribution in [0.3, 0.4) is 0 Å². The van der Waals surface area contributed by atoms with E-state index >= 15 is 0 Å². The minimum Gasteiger partial charge on any atom is -0.445 e. The van der Waals surface area contributed by atoms with Crippen molar-refractivity contribution in [2.45, 2.75) is 13.0 Å². The van der Waals surface area contributed by atoms with Gasteiger partial charge < -0.3 is 21.5 Å². The number of amides is 1. The van der Waals surface area contributed by atoms with Gasteiger partial charge in [0.15, 0.2) is 0 Å². The largest absolute Gasteiger partial charge is 0.445 e. The molecule has 0 saturated carbocycles. The Labute approximate surface area is 135 Å². The fourth-order valence-electron chi connectivity index (χ4n) is 1.85. The van der Waals surface area contributed by atoms with Gasteiger partial charge in [-0.1, -0.05) is 42.5 Å². The third-order valence-corrected chi connectivity index (χ3v) is 3.07. The van der Waals surface area contributed by atoms with Gasteiger partial charge in [-0.3, -0.25) is 0 Å². The molecule has 120 valence electrons. The molecule has 1 amide bonds. The smallest absolute Gasteiger partial charge is 0.407 e. The molecule has 0 atom stereocenters. The van der Waals surface area contributed by atoms with Crippen molar-refractivity contribution in [2.24, 2.45) is 0 Å². The van der Waals surface area contributed by atoms with E-state index in [1.54, 1.807) is 12.3 Å². The molecule has 0 unspecified atom stereocenters. The van der Waals surface area contributed by atoms with Crippen molar-refractivity contribution >= 4 is 23.7 Å². The van der Waals surface area contributed by atoms with Gasteiger partial charge in [0.1, 0.15) is 12.4 Å². The monoisotopic (exact) mass is 312 g/mol. The van der Waals surface area contributed by atoms with Gasteiger partial charge in [0.25, 0.3) is 0 Å². The number of carbonyl (C=O) groups is 1. The van der Waals surface area contributed by atoms with E-state index < -0.39 is 6.09 Å². The molecule has 0 saturated heterocycles. The Morgan fingerprint density at radius 3 is 2.78 bits per heavy atom. The summed E-state index contributed by atoms with van der Waals surface area (Å²) in [4.78, 5) is 15.5. The van der Waals surface area contributed by atoms with E-state index in [0.29, 0.717) is 24.5 Å². The lowest BCUT2D eigenvalue weighted by Crippen LogP contribution is -2.24. The predicted molar refractivity (Wildman–Crippen MR) is 91.3 cm³/mol. The van der Waals surface area contributed by atoms with Crippen molar-refractivity contribution in [1.29, 1.82) is 0 Å². The standard InChI is InChI=1S/C17H20N4O2/c18-15-10-14(11-21-16(15)19)8-4-5-9-20-17(22)23-12-13-6-2-1-3-7-13/h1-4,6-8,10-11H,5,9,12,18H2,(H2,19,21)(H,20,22). The second-order valence-electron chi connectivity index (χ2n) is 4.92. The molecule has 5 N–H and O–H groups in total. The number of nitrogen functional groups attached to an aromatic ring is 2. The third-order valence-electron chi connectivity index (χ3n) is 3.07. The maximum Gasteiger partial charge on any atom is 0.407 e. The molecule has 23 heavy (non-hydrogen) atoms. The molecule has 2 rings (SSSR count). The summed E-state index contributed by atoms with van der Waals surface area (Å²) in [6, 6.07) is 11.3. The summed E-state index contributed by atoms with van der Waals surface area (Å²) in [5.74, 6) is 0.324. The van der Waals surface area contributed by atoms with Gasteiger partial charge in [0.2, 0.25) is 0 Å². The highest BCUT2D eigenvalue weighted by Crippen LogP contribution is 2.13. The van der Waals surface area contributed by atoms with Crippen LogP contribution in [0, 0.1) is 0 Å². The van der Waals surface area contributed by atoms with Crippen LogP contribution in [0.25, 0.3) is 6.08 Å². The van der Waals surface area contributed by atoms with Crippen molar-refractivity contribution in [1.82, 2.24) is 10.3 Å². The Hall–Kier alpha value is -3.02. The molecule has 6 heteroatoms. The minimum absolute atomic E-state index is 0.263. The lowest BCUT2D eigenvalue weighted by molar-refractivity contribution is 0.140. The highest BCUT2D eigenvalue weighted by Gasteiger charge is 2.00. The van der Waals surface area contributed by atoms with Gasteiger partial charge in [-0.25, -0.2) is 9.78 Å². The van der Waals surface area contributed by atoms with Gasteiger partial charge in [0, 0.05) is 12.7 Å². The van der Waals surface area contributed by atoms with Crippen LogP contribution in [-0.4, -0.2) is 17.6 Å². The number of carbonyl (C=O) groups excluding carboxylic acids is 1. The Bertz CT molecular complexity index is 672. The molecule has 0 spiro atoms. The van der Waals surface area contributed by atoms with Crippen molar-refractivity contribution < 1.29 is 9.53 Å². The highest BCUT2D eigenvalue weighted by atomic mass is 16.5. The molecule has 1 heterocycles. The number of nitrogens with zero attached hydrogens (tertiary/aromatic N) is 1. The first kappa shape index (κ1) is 16.4. The van der Waals surface area contributed by atoms with Crippen molar-refractivity contribution in [3.8, 4) is 0 Å². The topological polar surface area (TPSA) is 103 Å². The summed E-state index contributed by atoms with van der Waals surface area (Å²) >= 11 is 0. The second-order valence-corrected chi connectivity index (χ2v) is 4.92. The lowest BCUT2D eigenvalue weighted by atomic mass is 10.2. The minimum atomic E-state index is -0.430. The van der Waals surface area contributed by atoms with E-state index in [2.05, 4.69) is 10.3 Å². The summed E-state index contributed by atoms with van der Waals surface area (Å²) in [5.41, 5.74) is 13.5. The number of benzene rings is 1. The molecule has 2 aromatic rings. The van der Waals surface area contributed by atoms with Gasteiger partial charge in [0.05, 0.1) is 5.69 Å². The Morgan fingerprint density at radius 1 is 1.26 bits per heavy atom. The molecule has 0 fully saturated rings. The molecule has 0 aliphatic carbocycles. The zero-order valence-corrected chi connectivity index (χ0v) is 12.7. The van der Waals surface area contributed by atoms with E-state index in [4.69, 9.17) is 16.2 Å². The fraction of sp³-hybridized carbons (Fsp3) is 0.176. The number of nitrogens with two attached hydrogens (primary N) is 2. The number of alkyl carbamates (subject to hydrolysis) is 1. The maximum atomic E-state index is 11.5. The number of ether oxygens (including phenoxy) is 1. The molecule has 0 bridgehead atoms. The Kier molecular flexibility index (Phi) is 5.99. The summed E-state index contributed by atoms with van der Waals surface area (Å²) in [7, 11) is 0. The number of hydrogen-bond acceptors (Lipinski definition) is 5. The van der Waals surface area contributed by atoms with Crippen molar-refractivity contribution in [2.75, 3.05) is 18.0 Å². The number of aromatic nitrogens is 1. The van der Waals surface area contributed by atoms with Gasteiger partial charge >= 0.3 is 6.09 Å². The Morgan fingerprint density at radius 2 is 2.04 bits per heavy atom. The number of nitrogens with one attached hydrogen (secondary N) is 1. The summed E-state index contributed by atoms with van der Waals surface area (Å²) in [6.45, 7) is 0.751. The Balaban J connectivity index is 1.65. The summed E-state index contributed by atoms with van der Waals surface area (Å²) < 4.78 is 5.11. The fourth-order valence-corrected chi connectivity index (χ4v) is 1.85. The van der Waals surface area contributed by atoms with E-state index in [9.17, 15) is 4.79 Å². The first-order valence-electron chi connectivity index (χ1n) is 7.27. The van der Waals surface area contributed by atoms with Crippen molar-refractivity contribution in [3.05, 3.63) is 59.8 Å². The normalized spacial score (nSPS) is 10.6. The van der Waals surface area contributed by atoms with Crippen LogP contribution < -0.4 is 16.8 Å². The van der Waals surface area contributed by atoms with E-state index in [1.165, 1.54) is 0 Å². The molecule has 6 nitrogen and oxygen atoms in total.